The highest BCUT2D eigenvalue weighted by Crippen LogP contribution is 2.35. The van der Waals surface area contributed by atoms with Crippen LogP contribution in [0.15, 0.2) is 85.5 Å². The molecule has 0 aliphatic carbocycles. The molecular formula is C22H17N. The van der Waals surface area contributed by atoms with Crippen molar-refractivity contribution in [3.8, 4) is 28.3 Å². The van der Waals surface area contributed by atoms with Gasteiger partial charge in [-0.2, -0.15) is 5.26 Å². The molecule has 0 atom stereocenters. The van der Waals surface area contributed by atoms with Crippen LogP contribution in [0.3, 0.4) is 0 Å². The van der Waals surface area contributed by atoms with Gasteiger partial charge < -0.3 is 0 Å². The lowest BCUT2D eigenvalue weighted by Gasteiger charge is -2.14. The Kier molecular flexibility index (Phi) is 4.36. The molecule has 0 aromatic heterocycles. The Labute approximate surface area is 137 Å². The maximum Gasteiger partial charge on any atom is 0.0998 e. The van der Waals surface area contributed by atoms with E-state index in [1.54, 1.807) is 0 Å². The highest BCUT2D eigenvalue weighted by atomic mass is 14.2. The van der Waals surface area contributed by atoms with Crippen molar-refractivity contribution in [1.29, 1.82) is 5.26 Å². The van der Waals surface area contributed by atoms with Gasteiger partial charge in [0.2, 0.25) is 0 Å². The number of nitrogens with zero attached hydrogens (tertiary/aromatic N) is 1. The molecule has 23 heavy (non-hydrogen) atoms. The van der Waals surface area contributed by atoms with Gasteiger partial charge in [-0.05, 0) is 34.7 Å². The fraction of sp³-hybridized carbons (Fsp3) is 0.0455. The maximum atomic E-state index is 9.42. The summed E-state index contributed by atoms with van der Waals surface area (Å²) in [6.07, 6.45) is 2.75. The summed E-state index contributed by atoms with van der Waals surface area (Å²) in [6, 6.07) is 26.7. The maximum absolute atomic E-state index is 9.42. The Hall–Kier alpha value is -3.11. The molecule has 0 fully saturated rings. The minimum Gasteiger partial charge on any atom is -0.192 e. The molecule has 3 rings (SSSR count). The highest BCUT2D eigenvalue weighted by molar-refractivity contribution is 5.87. The first-order valence-corrected chi connectivity index (χ1v) is 7.63. The normalized spacial score (nSPS) is 10.0. The summed E-state index contributed by atoms with van der Waals surface area (Å²) in [4.78, 5) is 0. The molecular weight excluding hydrogens is 278 g/mol. The lowest BCUT2D eigenvalue weighted by molar-refractivity contribution is 1.28. The molecule has 3 aromatic carbocycles. The Morgan fingerprint density at radius 3 is 1.91 bits per heavy atom. The van der Waals surface area contributed by atoms with Gasteiger partial charge in [0.25, 0.3) is 0 Å². The van der Waals surface area contributed by atoms with E-state index in [0.29, 0.717) is 5.56 Å². The SMILES string of the molecule is C=CCc1ccccc1-c1ccccc1-c1ccccc1C#N. The monoisotopic (exact) mass is 295 g/mol. The van der Waals surface area contributed by atoms with Crippen LogP contribution in [0, 0.1) is 11.3 Å². The van der Waals surface area contributed by atoms with Gasteiger partial charge in [-0.15, -0.1) is 6.58 Å². The third-order valence-electron chi connectivity index (χ3n) is 3.94. The van der Waals surface area contributed by atoms with Gasteiger partial charge in [0.05, 0.1) is 11.6 Å². The quantitative estimate of drug-likeness (QED) is 0.573. The van der Waals surface area contributed by atoms with Gasteiger partial charge in [-0.1, -0.05) is 72.8 Å². The minimum atomic E-state index is 0.696. The van der Waals surface area contributed by atoms with Crippen LogP contribution in [0.5, 0.6) is 0 Å². The first-order valence-electron chi connectivity index (χ1n) is 7.63. The zero-order valence-electron chi connectivity index (χ0n) is 12.9. The number of hydrogen-bond acceptors (Lipinski definition) is 1. The number of hydrogen-bond donors (Lipinski definition) is 0. The summed E-state index contributed by atoms with van der Waals surface area (Å²) in [6.45, 7) is 3.86. The average molecular weight is 295 g/mol. The molecule has 0 radical (unpaired) electrons. The van der Waals surface area contributed by atoms with Gasteiger partial charge in [-0.3, -0.25) is 0 Å². The van der Waals surface area contributed by atoms with Gasteiger partial charge in [-0.25, -0.2) is 0 Å². The van der Waals surface area contributed by atoms with Crippen molar-refractivity contribution in [2.75, 3.05) is 0 Å². The molecule has 0 spiro atoms. The van der Waals surface area contributed by atoms with Crippen molar-refractivity contribution in [2.24, 2.45) is 0 Å². The molecule has 0 unspecified atom stereocenters. The van der Waals surface area contributed by atoms with Crippen molar-refractivity contribution >= 4 is 0 Å². The molecule has 0 saturated carbocycles. The number of nitriles is 1. The van der Waals surface area contributed by atoms with Crippen LogP contribution in [0.1, 0.15) is 11.1 Å². The van der Waals surface area contributed by atoms with Gasteiger partial charge in [0.1, 0.15) is 0 Å². The largest absolute Gasteiger partial charge is 0.192 e. The molecule has 110 valence electrons. The van der Waals surface area contributed by atoms with Gasteiger partial charge in [0, 0.05) is 5.56 Å². The number of benzene rings is 3. The first-order chi connectivity index (χ1) is 11.3. The lowest BCUT2D eigenvalue weighted by atomic mass is 9.89. The lowest BCUT2D eigenvalue weighted by Crippen LogP contribution is -1.92. The second-order valence-corrected chi connectivity index (χ2v) is 5.35. The number of rotatable bonds is 4. The summed E-state index contributed by atoms with van der Waals surface area (Å²) >= 11 is 0. The first kappa shape index (κ1) is 14.8. The Morgan fingerprint density at radius 1 is 0.739 bits per heavy atom. The van der Waals surface area contributed by atoms with E-state index < -0.39 is 0 Å². The van der Waals surface area contributed by atoms with Crippen molar-refractivity contribution in [1.82, 2.24) is 0 Å². The molecule has 0 bridgehead atoms. The zero-order chi connectivity index (χ0) is 16.1. The third-order valence-corrected chi connectivity index (χ3v) is 3.94. The molecule has 0 amide bonds. The summed E-state index contributed by atoms with van der Waals surface area (Å²) < 4.78 is 0. The summed E-state index contributed by atoms with van der Waals surface area (Å²) in [5.74, 6) is 0. The summed E-state index contributed by atoms with van der Waals surface area (Å²) in [5, 5.41) is 9.42. The van der Waals surface area contributed by atoms with E-state index in [1.807, 2.05) is 48.5 Å². The van der Waals surface area contributed by atoms with Crippen molar-refractivity contribution in [2.45, 2.75) is 6.42 Å². The van der Waals surface area contributed by atoms with E-state index in [-0.39, 0.29) is 0 Å². The Bertz CT molecular complexity index is 884. The fourth-order valence-corrected chi connectivity index (χ4v) is 2.88. The predicted molar refractivity (Wildman–Crippen MR) is 95.9 cm³/mol. The third kappa shape index (κ3) is 2.93. The van der Waals surface area contributed by atoms with Crippen LogP contribution in [0.2, 0.25) is 0 Å². The highest BCUT2D eigenvalue weighted by Gasteiger charge is 2.12. The minimum absolute atomic E-state index is 0.696. The average Bonchev–Trinajstić information content (AvgIpc) is 2.62. The second-order valence-electron chi connectivity index (χ2n) is 5.35. The van der Waals surface area contributed by atoms with Gasteiger partial charge in [0.15, 0.2) is 0 Å². The van der Waals surface area contributed by atoms with Crippen molar-refractivity contribution < 1.29 is 0 Å². The summed E-state index contributed by atoms with van der Waals surface area (Å²) in [5.41, 5.74) is 6.33. The molecule has 0 aliphatic rings. The second kappa shape index (κ2) is 6.77. The van der Waals surface area contributed by atoms with E-state index in [9.17, 15) is 5.26 Å². The van der Waals surface area contributed by atoms with Crippen LogP contribution in [-0.2, 0) is 6.42 Å². The fourth-order valence-electron chi connectivity index (χ4n) is 2.88. The van der Waals surface area contributed by atoms with Crippen molar-refractivity contribution in [3.05, 3.63) is 96.6 Å². The molecule has 0 aliphatic heterocycles. The topological polar surface area (TPSA) is 23.8 Å². The van der Waals surface area contributed by atoms with Crippen LogP contribution in [0.4, 0.5) is 0 Å². The van der Waals surface area contributed by atoms with Gasteiger partial charge >= 0.3 is 0 Å². The van der Waals surface area contributed by atoms with Crippen LogP contribution < -0.4 is 0 Å². The van der Waals surface area contributed by atoms with Crippen molar-refractivity contribution in [3.63, 3.8) is 0 Å². The zero-order valence-corrected chi connectivity index (χ0v) is 12.9. The molecule has 0 saturated heterocycles. The van der Waals surface area contributed by atoms with Crippen LogP contribution >= 0.6 is 0 Å². The van der Waals surface area contributed by atoms with Crippen LogP contribution in [-0.4, -0.2) is 0 Å². The molecule has 0 N–H and O–H groups in total. The van der Waals surface area contributed by atoms with E-state index >= 15 is 0 Å². The summed E-state index contributed by atoms with van der Waals surface area (Å²) in [7, 11) is 0. The number of allylic oxidation sites excluding steroid dienone is 1. The predicted octanol–water partition coefficient (Wildman–Crippen LogP) is 5.62. The van der Waals surface area contributed by atoms with E-state index in [4.69, 9.17) is 0 Å². The van der Waals surface area contributed by atoms with Crippen LogP contribution in [0.25, 0.3) is 22.3 Å². The Morgan fingerprint density at radius 2 is 1.26 bits per heavy atom. The van der Waals surface area contributed by atoms with E-state index in [0.717, 1.165) is 23.1 Å². The standard InChI is InChI=1S/C22H17N/c1-2-9-17-10-3-5-12-19(17)21-14-7-8-15-22(21)20-13-6-4-11-18(20)16-23/h2-8,10-15H,1,9H2. The molecule has 1 nitrogen and oxygen atoms in total. The smallest absolute Gasteiger partial charge is 0.0998 e. The molecule has 3 aromatic rings. The Balaban J connectivity index is 2.24. The van der Waals surface area contributed by atoms with E-state index in [2.05, 4.69) is 43.0 Å². The molecule has 1 heteroatoms. The molecule has 0 heterocycles. The van der Waals surface area contributed by atoms with E-state index in [1.165, 1.54) is 11.1 Å².